The molecule has 1 atom stereocenters. The molecule has 0 saturated carbocycles. The predicted molar refractivity (Wildman–Crippen MR) is 42.8 cm³/mol. The van der Waals surface area contributed by atoms with Gasteiger partial charge >= 0.3 is 0 Å². The Morgan fingerprint density at radius 1 is 1.33 bits per heavy atom. The number of hydrogen-bond acceptors (Lipinski definition) is 0. The first-order valence-electron chi connectivity index (χ1n) is 3.36. The highest BCUT2D eigenvalue weighted by molar-refractivity contribution is 9.09. The van der Waals surface area contributed by atoms with Crippen molar-refractivity contribution in [2.24, 2.45) is 5.92 Å². The van der Waals surface area contributed by atoms with Crippen LogP contribution in [-0.4, -0.2) is 11.5 Å². The van der Waals surface area contributed by atoms with E-state index in [9.17, 15) is 4.39 Å². The molecule has 0 spiro atoms. The molecule has 2 heteroatoms. The van der Waals surface area contributed by atoms with E-state index in [0.29, 0.717) is 17.7 Å². The van der Waals surface area contributed by atoms with E-state index in [1.807, 2.05) is 0 Å². The van der Waals surface area contributed by atoms with Gasteiger partial charge in [-0.15, -0.1) is 0 Å². The van der Waals surface area contributed by atoms with Crippen LogP contribution in [0.25, 0.3) is 0 Å². The van der Waals surface area contributed by atoms with Crippen molar-refractivity contribution in [1.82, 2.24) is 0 Å². The number of halogens is 2. The molecule has 56 valence electrons. The van der Waals surface area contributed by atoms with Gasteiger partial charge in [-0.2, -0.15) is 0 Å². The average molecular weight is 197 g/mol. The van der Waals surface area contributed by atoms with E-state index in [2.05, 4.69) is 29.8 Å². The van der Waals surface area contributed by atoms with Crippen molar-refractivity contribution in [3.63, 3.8) is 0 Å². The summed E-state index contributed by atoms with van der Waals surface area (Å²) in [5, 5.41) is 0.486. The summed E-state index contributed by atoms with van der Waals surface area (Å²) in [6.45, 7) is 4.22. The van der Waals surface area contributed by atoms with Gasteiger partial charge in [-0.05, 0) is 18.8 Å². The minimum Gasteiger partial charge on any atom is -0.247 e. The quantitative estimate of drug-likeness (QED) is 0.607. The summed E-state index contributed by atoms with van der Waals surface area (Å²) in [5.74, 6) is 0.627. The van der Waals surface area contributed by atoms with E-state index in [1.54, 1.807) is 0 Å². The standard InChI is InChI=1S/C7H14BrF/c1-6(2)3-4-7(9)5-8/h6-7H,3-5H2,1-2H3/t7-/m0/s1. The molecule has 0 N–H and O–H groups in total. The number of hydrogen-bond donors (Lipinski definition) is 0. The maximum atomic E-state index is 12.4. The van der Waals surface area contributed by atoms with Crippen LogP contribution in [0.4, 0.5) is 4.39 Å². The zero-order valence-corrected chi connectivity index (χ0v) is 7.62. The molecule has 0 nitrogen and oxygen atoms in total. The van der Waals surface area contributed by atoms with Crippen molar-refractivity contribution < 1.29 is 4.39 Å². The Kier molecular flexibility index (Phi) is 5.45. The van der Waals surface area contributed by atoms with Crippen molar-refractivity contribution >= 4 is 15.9 Å². The highest BCUT2D eigenvalue weighted by Gasteiger charge is 2.04. The topological polar surface area (TPSA) is 0 Å². The van der Waals surface area contributed by atoms with Crippen LogP contribution >= 0.6 is 15.9 Å². The van der Waals surface area contributed by atoms with E-state index >= 15 is 0 Å². The molecule has 0 saturated heterocycles. The zero-order chi connectivity index (χ0) is 7.28. The predicted octanol–water partition coefficient (Wildman–Crippen LogP) is 3.16. The SMILES string of the molecule is CC(C)CC[C@H](F)CBr. The molecular weight excluding hydrogens is 183 g/mol. The van der Waals surface area contributed by atoms with Crippen LogP contribution in [-0.2, 0) is 0 Å². The lowest BCUT2D eigenvalue weighted by Crippen LogP contribution is -2.02. The third-order valence-electron chi connectivity index (χ3n) is 1.22. The second kappa shape index (κ2) is 5.21. The smallest absolute Gasteiger partial charge is 0.110 e. The Balaban J connectivity index is 3.06. The summed E-state index contributed by atoms with van der Waals surface area (Å²) < 4.78 is 12.4. The first-order chi connectivity index (χ1) is 4.16. The van der Waals surface area contributed by atoms with Crippen LogP contribution in [0.3, 0.4) is 0 Å². The average Bonchev–Trinajstić information content (AvgIpc) is 1.83. The lowest BCUT2D eigenvalue weighted by molar-refractivity contribution is 0.325. The molecule has 0 fully saturated rings. The van der Waals surface area contributed by atoms with E-state index in [-0.39, 0.29) is 0 Å². The molecule has 0 rings (SSSR count). The molecular formula is C7H14BrF. The summed E-state index contributed by atoms with van der Waals surface area (Å²) in [6.07, 6.45) is 1.04. The highest BCUT2D eigenvalue weighted by Crippen LogP contribution is 2.10. The summed E-state index contributed by atoms with van der Waals surface area (Å²) in [6, 6.07) is 0. The van der Waals surface area contributed by atoms with Crippen molar-refractivity contribution in [2.75, 3.05) is 5.33 Å². The summed E-state index contributed by atoms with van der Waals surface area (Å²) in [7, 11) is 0. The van der Waals surface area contributed by atoms with Crippen LogP contribution in [0.15, 0.2) is 0 Å². The van der Waals surface area contributed by atoms with E-state index in [4.69, 9.17) is 0 Å². The van der Waals surface area contributed by atoms with Crippen molar-refractivity contribution in [2.45, 2.75) is 32.9 Å². The van der Waals surface area contributed by atoms with Gasteiger partial charge < -0.3 is 0 Å². The first kappa shape index (κ1) is 9.41. The molecule has 0 radical (unpaired) electrons. The Morgan fingerprint density at radius 3 is 2.22 bits per heavy atom. The molecule has 0 aromatic carbocycles. The van der Waals surface area contributed by atoms with Crippen molar-refractivity contribution in [3.05, 3.63) is 0 Å². The third kappa shape index (κ3) is 6.29. The molecule has 0 bridgehead atoms. The molecule has 0 aromatic rings. The minimum atomic E-state index is -0.646. The number of alkyl halides is 2. The maximum Gasteiger partial charge on any atom is 0.110 e. The molecule has 0 aliphatic heterocycles. The minimum absolute atomic E-state index is 0.486. The summed E-state index contributed by atoms with van der Waals surface area (Å²) in [4.78, 5) is 0. The van der Waals surface area contributed by atoms with E-state index in [1.165, 1.54) is 0 Å². The van der Waals surface area contributed by atoms with Gasteiger partial charge in [-0.1, -0.05) is 29.8 Å². The summed E-state index contributed by atoms with van der Waals surface area (Å²) >= 11 is 3.09. The monoisotopic (exact) mass is 196 g/mol. The largest absolute Gasteiger partial charge is 0.247 e. The molecule has 9 heavy (non-hydrogen) atoms. The molecule has 0 aliphatic carbocycles. The van der Waals surface area contributed by atoms with E-state index < -0.39 is 6.17 Å². The van der Waals surface area contributed by atoms with Crippen LogP contribution in [0.5, 0.6) is 0 Å². The Morgan fingerprint density at radius 2 is 1.89 bits per heavy atom. The lowest BCUT2D eigenvalue weighted by atomic mass is 10.1. The fraction of sp³-hybridized carbons (Fsp3) is 1.00. The first-order valence-corrected chi connectivity index (χ1v) is 4.49. The van der Waals surface area contributed by atoms with E-state index in [0.717, 1.165) is 6.42 Å². The third-order valence-corrected chi connectivity index (χ3v) is 1.93. The normalized spacial score (nSPS) is 14.3. The maximum absolute atomic E-state index is 12.4. The molecule has 0 amide bonds. The fourth-order valence-corrected chi connectivity index (χ4v) is 0.915. The fourth-order valence-electron chi connectivity index (χ4n) is 0.591. The van der Waals surface area contributed by atoms with Gasteiger partial charge in [-0.25, -0.2) is 4.39 Å². The lowest BCUT2D eigenvalue weighted by Gasteiger charge is -2.05. The van der Waals surface area contributed by atoms with Gasteiger partial charge in [0.25, 0.3) is 0 Å². The molecule has 0 aromatic heterocycles. The van der Waals surface area contributed by atoms with Crippen molar-refractivity contribution in [1.29, 1.82) is 0 Å². The Hall–Kier alpha value is 0.410. The van der Waals surface area contributed by atoms with Crippen LogP contribution < -0.4 is 0 Å². The highest BCUT2D eigenvalue weighted by atomic mass is 79.9. The summed E-state index contributed by atoms with van der Waals surface area (Å²) in [5.41, 5.74) is 0. The van der Waals surface area contributed by atoms with Crippen LogP contribution in [0.1, 0.15) is 26.7 Å². The number of rotatable bonds is 4. The van der Waals surface area contributed by atoms with Gasteiger partial charge in [0.15, 0.2) is 0 Å². The molecule has 0 heterocycles. The van der Waals surface area contributed by atoms with Gasteiger partial charge in [-0.3, -0.25) is 0 Å². The van der Waals surface area contributed by atoms with Crippen LogP contribution in [0.2, 0.25) is 0 Å². The van der Waals surface area contributed by atoms with Crippen molar-refractivity contribution in [3.8, 4) is 0 Å². The Labute approximate surface area is 65.0 Å². The zero-order valence-electron chi connectivity index (χ0n) is 6.03. The van der Waals surface area contributed by atoms with Crippen LogP contribution in [0, 0.1) is 5.92 Å². The second-order valence-corrected chi connectivity index (χ2v) is 3.37. The Bertz CT molecular complexity index is 63.9. The van der Waals surface area contributed by atoms with Gasteiger partial charge in [0.2, 0.25) is 0 Å². The second-order valence-electron chi connectivity index (χ2n) is 2.72. The molecule has 0 aliphatic rings. The van der Waals surface area contributed by atoms with Gasteiger partial charge in [0.1, 0.15) is 6.17 Å². The van der Waals surface area contributed by atoms with Gasteiger partial charge in [0.05, 0.1) is 0 Å². The van der Waals surface area contributed by atoms with Gasteiger partial charge in [0, 0.05) is 5.33 Å². The molecule has 0 unspecified atom stereocenters.